The number of H-pyrrole nitrogens is 4. The van der Waals surface area contributed by atoms with Gasteiger partial charge in [0.1, 0.15) is 34.9 Å². The Hall–Kier alpha value is -11.6. The second-order valence-corrected chi connectivity index (χ2v) is 21.1. The van der Waals surface area contributed by atoms with E-state index in [4.69, 9.17) is 0 Å². The number of hydrogen-bond donors (Lipinski definition) is 4. The van der Waals surface area contributed by atoms with E-state index in [0.717, 1.165) is 0 Å². The first-order valence-electron chi connectivity index (χ1n) is 27.1. The Morgan fingerprint density at radius 3 is 0.673 bits per heavy atom. The Labute approximate surface area is 524 Å². The average Bonchev–Trinajstić information content (AvgIpc) is 1.61. The van der Waals surface area contributed by atoms with Gasteiger partial charge < -0.3 is 19.9 Å². The molecule has 0 atom stereocenters. The van der Waals surface area contributed by atoms with Crippen molar-refractivity contribution in [3.63, 3.8) is 0 Å². The topological polar surface area (TPSA) is 87.9 Å². The molecule has 0 radical (unpaired) electrons. The number of nitrogens with zero attached hydrogens (tertiary/aromatic N) is 2. The quantitative estimate of drug-likeness (QED) is 0.0726. The van der Waals surface area contributed by atoms with Crippen LogP contribution < -0.4 is 21.4 Å². The van der Waals surface area contributed by atoms with Crippen LogP contribution in [0.15, 0.2) is 118 Å². The van der Waals surface area contributed by atoms with Crippen LogP contribution in [0.3, 0.4) is 0 Å². The maximum Gasteiger partial charge on any atom is 0.200 e. The van der Waals surface area contributed by atoms with E-state index in [-0.39, 0.29) is 24.3 Å². The minimum atomic E-state index is -2.80. The van der Waals surface area contributed by atoms with E-state index in [1.54, 1.807) is 0 Å². The first-order chi connectivity index (χ1) is 46.4. The molecule has 0 spiro atoms. The molecular weight excluding hydrogens is 1370 g/mol. The first kappa shape index (κ1) is 65.1. The lowest BCUT2D eigenvalue weighted by Gasteiger charge is -2.14. The van der Waals surface area contributed by atoms with Crippen molar-refractivity contribution in [2.24, 2.45) is 9.98 Å². The molecule has 12 bridgehead atoms. The molecule has 0 fully saturated rings. The Bertz CT molecular complexity index is 5260. The van der Waals surface area contributed by atoms with Crippen LogP contribution in [0.5, 0.6) is 0 Å². The Morgan fingerprint density at radius 1 is 0.204 bits per heavy atom. The zero-order valence-electron chi connectivity index (χ0n) is 47.0. The molecule has 0 unspecified atom stereocenters. The molecule has 7 heterocycles. The number of fused-ring (bicyclic) bond motifs is 10. The summed E-state index contributed by atoms with van der Waals surface area (Å²) in [5.74, 6) is -65.3. The summed E-state index contributed by atoms with van der Waals surface area (Å²) in [6.07, 6.45) is 2.17. The van der Waals surface area contributed by atoms with Gasteiger partial charge >= 0.3 is 0 Å². The summed E-state index contributed by atoms with van der Waals surface area (Å²) in [5.41, 5.74) is -26.6. The largest absolute Gasteiger partial charge is 0.354 e. The van der Waals surface area contributed by atoms with Crippen molar-refractivity contribution in [2.45, 2.75) is 0 Å². The lowest BCUT2D eigenvalue weighted by Crippen LogP contribution is -2.22. The number of allylic oxidation sites excluding steroid dienone is 4. The second-order valence-electron chi connectivity index (χ2n) is 21.1. The van der Waals surface area contributed by atoms with E-state index in [0.29, 0.717) is 72.8 Å². The molecule has 3 aliphatic heterocycles. The zero-order chi connectivity index (χ0) is 70.4. The van der Waals surface area contributed by atoms with Crippen molar-refractivity contribution in [3.05, 3.63) is 337 Å². The molecule has 32 heteroatoms. The monoisotopic (exact) mass is 1390 g/mol. The standard InChI is InChI=1S/C66H20F26N6/c67-17-13-19(69)35(20(70)14-17)37-23-1-5-27(93-23)39(43-47(73)55(81)63(89)56(82)48(43)74)31-9-10-32(97-31)41(45-51(77)59(85)65(91)60(86)52(45)78)29-7-3-25(95-29)38(36-21(71)15-18(68)16-22(36)72)26-4-8-30(96-26)42(46-53(79)61(87)66(92)62(88)54(46)80)34-12-11-33(98-34)40(28-6-2-24(37)94-28)44-49(75)57(83)64(90)58(84)50(44)76/h1-16,93-96H. The predicted molar refractivity (Wildman–Crippen MR) is 293 cm³/mol. The molecular formula is C66H20F26N6. The minimum absolute atomic E-state index is 0.0322. The van der Waals surface area contributed by atoms with Gasteiger partial charge in [-0.25, -0.2) is 124 Å². The highest BCUT2D eigenvalue weighted by Gasteiger charge is 2.38. The van der Waals surface area contributed by atoms with E-state index < -0.39 is 285 Å². The van der Waals surface area contributed by atoms with E-state index in [2.05, 4.69) is 29.9 Å². The van der Waals surface area contributed by atoms with Gasteiger partial charge in [-0.15, -0.1) is 0 Å². The third-order valence-electron chi connectivity index (χ3n) is 15.6. The summed E-state index contributed by atoms with van der Waals surface area (Å²) >= 11 is 0. The number of rotatable bonds is 6. The van der Waals surface area contributed by atoms with Crippen molar-refractivity contribution in [3.8, 4) is 0 Å². The molecule has 98 heavy (non-hydrogen) atoms. The van der Waals surface area contributed by atoms with Crippen molar-refractivity contribution in [2.75, 3.05) is 0 Å². The van der Waals surface area contributed by atoms with Crippen LogP contribution in [0.4, 0.5) is 114 Å². The molecule has 3 aliphatic rings. The predicted octanol–water partition coefficient (Wildman–Crippen LogP) is 14.8. The fourth-order valence-corrected chi connectivity index (χ4v) is 11.3. The van der Waals surface area contributed by atoms with Gasteiger partial charge in [0.05, 0.1) is 56.2 Å². The SMILES string of the molecule is Fc1cc(F)c(C2=c3ccc([nH]3)=C(c3c(F)c(F)c(F)c(F)c3F)C3=NC(=C(c4c(F)c(F)c(F)c(F)c4F)c4ccc([nH]4)C(c4c(F)cc(F)cc4F)=c4ccc([nH]4)=C(c4c(F)c(F)c(F)c(F)c4F)C4=NC(=C(c5c(F)c(F)c(F)c(F)c5F)c5ccc2[nH]5)C=C4)C=C3)c(F)c1. The van der Waals surface area contributed by atoms with Gasteiger partial charge in [0.15, 0.2) is 93.1 Å². The van der Waals surface area contributed by atoms with Crippen LogP contribution in [-0.4, -0.2) is 31.4 Å². The normalized spacial score (nSPS) is 14.1. The fraction of sp³-hybridized carbons (Fsp3) is 0. The van der Waals surface area contributed by atoms with Crippen LogP contribution in [0, 0.1) is 151 Å². The summed E-state index contributed by atoms with van der Waals surface area (Å²) in [4.78, 5) is 17.5. The number of halogens is 26. The first-order valence-corrected chi connectivity index (χ1v) is 27.1. The fourth-order valence-electron chi connectivity index (χ4n) is 11.3. The zero-order valence-corrected chi connectivity index (χ0v) is 47.0. The molecule has 0 saturated carbocycles. The van der Waals surface area contributed by atoms with E-state index in [9.17, 15) is 26.3 Å². The van der Waals surface area contributed by atoms with Gasteiger partial charge in [-0.2, -0.15) is 0 Å². The Balaban J connectivity index is 1.26. The van der Waals surface area contributed by atoms with Gasteiger partial charge in [-0.05, 0) is 72.8 Å². The van der Waals surface area contributed by atoms with Crippen molar-refractivity contribution in [1.82, 2.24) is 19.9 Å². The number of aliphatic imine (C=N–C) groups is 2. The van der Waals surface area contributed by atoms with E-state index in [1.165, 1.54) is 0 Å². The van der Waals surface area contributed by atoms with Gasteiger partial charge in [-0.3, -0.25) is 0 Å². The molecule has 496 valence electrons. The van der Waals surface area contributed by atoms with E-state index >= 15 is 87.8 Å². The van der Waals surface area contributed by atoms with Crippen LogP contribution >= 0.6 is 0 Å². The highest BCUT2D eigenvalue weighted by Crippen LogP contribution is 2.42. The lowest BCUT2D eigenvalue weighted by molar-refractivity contribution is 0.376. The molecule has 0 saturated heterocycles. The summed E-state index contributed by atoms with van der Waals surface area (Å²) in [7, 11) is 0. The highest BCUT2D eigenvalue weighted by atomic mass is 19.2. The maximum absolute atomic E-state index is 16.4. The van der Waals surface area contributed by atoms with Crippen LogP contribution in [0.1, 0.15) is 56.2 Å². The third kappa shape index (κ3) is 9.99. The summed E-state index contributed by atoms with van der Waals surface area (Å²) in [6.45, 7) is 0. The molecule has 4 aromatic heterocycles. The third-order valence-corrected chi connectivity index (χ3v) is 15.6. The number of aromatic nitrogens is 4. The van der Waals surface area contributed by atoms with Crippen LogP contribution in [0.2, 0.25) is 0 Å². The lowest BCUT2D eigenvalue weighted by atomic mass is 9.98. The average molecular weight is 1390 g/mol. The van der Waals surface area contributed by atoms with Gasteiger partial charge in [0.25, 0.3) is 0 Å². The van der Waals surface area contributed by atoms with Crippen LogP contribution in [0.25, 0.3) is 33.4 Å². The molecule has 13 rings (SSSR count). The van der Waals surface area contributed by atoms with Crippen LogP contribution in [-0.2, 0) is 0 Å². The van der Waals surface area contributed by atoms with E-state index in [1.807, 2.05) is 0 Å². The number of nitrogens with one attached hydrogen (secondary N) is 4. The molecule has 0 aliphatic carbocycles. The minimum Gasteiger partial charge on any atom is -0.354 e. The highest BCUT2D eigenvalue weighted by molar-refractivity contribution is 6.31. The van der Waals surface area contributed by atoms with Crippen molar-refractivity contribution in [1.29, 1.82) is 0 Å². The maximum atomic E-state index is 16.4. The second kappa shape index (κ2) is 23.6. The molecule has 10 aromatic rings. The van der Waals surface area contributed by atoms with Crippen molar-refractivity contribution < 1.29 is 114 Å². The molecule has 6 aromatic carbocycles. The van der Waals surface area contributed by atoms with Gasteiger partial charge in [0.2, 0.25) is 23.3 Å². The molecule has 0 amide bonds. The Kier molecular flexibility index (Phi) is 15.7. The number of benzene rings is 6. The molecule has 6 nitrogen and oxygen atoms in total. The number of hydrogen-bond acceptors (Lipinski definition) is 2. The van der Waals surface area contributed by atoms with Crippen molar-refractivity contribution >= 4 is 44.9 Å². The smallest absolute Gasteiger partial charge is 0.200 e. The summed E-state index contributed by atoms with van der Waals surface area (Å²) in [6, 6.07) is 5.37. The van der Waals surface area contributed by atoms with Gasteiger partial charge in [-0.1, -0.05) is 0 Å². The Morgan fingerprint density at radius 2 is 0.418 bits per heavy atom. The number of aromatic amines is 4. The summed E-state index contributed by atoms with van der Waals surface area (Å²) in [5, 5.41) is -3.75. The summed E-state index contributed by atoms with van der Waals surface area (Å²) < 4.78 is 410. The molecule has 4 N–H and O–H groups in total. The van der Waals surface area contributed by atoms with Gasteiger partial charge in [0, 0.05) is 102 Å².